The second-order valence-electron chi connectivity index (χ2n) is 6.00. The monoisotopic (exact) mass is 372 g/mol. The Kier molecular flexibility index (Phi) is 4.75. The third-order valence-corrected chi connectivity index (χ3v) is 4.19. The predicted molar refractivity (Wildman–Crippen MR) is 105 cm³/mol. The Morgan fingerprint density at radius 2 is 1.79 bits per heavy atom. The molecular weight excluding hydrogens is 356 g/mol. The van der Waals surface area contributed by atoms with Gasteiger partial charge in [0, 0.05) is 48.5 Å². The summed E-state index contributed by atoms with van der Waals surface area (Å²) < 4.78 is 1.79. The van der Waals surface area contributed by atoms with Crippen LogP contribution in [0.25, 0.3) is 16.9 Å². The number of anilines is 1. The number of hydrogen-bond acceptors (Lipinski definition) is 6. The zero-order valence-electron chi connectivity index (χ0n) is 14.8. The maximum atomic E-state index is 11.2. The van der Waals surface area contributed by atoms with Crippen molar-refractivity contribution in [3.8, 4) is 16.9 Å². The van der Waals surface area contributed by atoms with E-state index in [0.717, 1.165) is 22.5 Å². The van der Waals surface area contributed by atoms with Gasteiger partial charge in [0.2, 0.25) is 5.82 Å². The molecule has 1 aromatic carbocycles. The van der Waals surface area contributed by atoms with Crippen LogP contribution in [-0.4, -0.2) is 24.7 Å². The van der Waals surface area contributed by atoms with Crippen molar-refractivity contribution in [3.63, 3.8) is 0 Å². The Labute approximate surface area is 160 Å². The first-order chi connectivity index (χ1) is 13.7. The van der Waals surface area contributed by atoms with Crippen molar-refractivity contribution < 1.29 is 4.92 Å². The molecule has 0 aliphatic heterocycles. The van der Waals surface area contributed by atoms with Crippen LogP contribution in [-0.2, 0) is 6.54 Å². The fraction of sp³-hybridized carbons (Fsp3) is 0.0500. The highest BCUT2D eigenvalue weighted by molar-refractivity contribution is 5.64. The molecular formula is C20H16N6O2. The summed E-state index contributed by atoms with van der Waals surface area (Å²) in [4.78, 5) is 18.9. The normalized spacial score (nSPS) is 10.6. The van der Waals surface area contributed by atoms with Gasteiger partial charge in [-0.3, -0.25) is 15.1 Å². The molecule has 0 unspecified atom stereocenters. The van der Waals surface area contributed by atoms with E-state index in [0.29, 0.717) is 6.54 Å². The smallest absolute Gasteiger partial charge is 0.311 e. The Balaban J connectivity index is 1.70. The quantitative estimate of drug-likeness (QED) is 0.408. The van der Waals surface area contributed by atoms with E-state index in [1.165, 1.54) is 12.3 Å². The third kappa shape index (κ3) is 3.56. The van der Waals surface area contributed by atoms with Crippen LogP contribution in [0, 0.1) is 10.1 Å². The number of benzene rings is 1. The Hall–Kier alpha value is -4.07. The summed E-state index contributed by atoms with van der Waals surface area (Å²) in [6.45, 7) is 0.336. The lowest BCUT2D eigenvalue weighted by Gasteiger charge is -2.06. The van der Waals surface area contributed by atoms with Gasteiger partial charge in [0.1, 0.15) is 0 Å². The number of hydrogen-bond donors (Lipinski definition) is 1. The molecule has 138 valence electrons. The van der Waals surface area contributed by atoms with Gasteiger partial charge in [-0.1, -0.05) is 18.2 Å². The zero-order chi connectivity index (χ0) is 19.3. The standard InChI is InChI=1S/C20H16N6O2/c27-26(28)18-7-4-10-22-20(18)23-13-16-14-25(17-5-2-1-3-6-17)24-19(16)15-8-11-21-12-9-15/h1-12,14H,13H2,(H,22,23). The minimum atomic E-state index is -0.452. The zero-order valence-corrected chi connectivity index (χ0v) is 14.8. The van der Waals surface area contributed by atoms with Gasteiger partial charge < -0.3 is 5.32 Å². The van der Waals surface area contributed by atoms with Gasteiger partial charge >= 0.3 is 5.69 Å². The second kappa shape index (κ2) is 7.67. The van der Waals surface area contributed by atoms with Crippen LogP contribution in [0.5, 0.6) is 0 Å². The summed E-state index contributed by atoms with van der Waals surface area (Å²) in [7, 11) is 0. The molecule has 3 aromatic heterocycles. The van der Waals surface area contributed by atoms with E-state index in [1.54, 1.807) is 23.1 Å². The SMILES string of the molecule is O=[N+]([O-])c1cccnc1NCc1cn(-c2ccccc2)nc1-c1ccncc1. The predicted octanol–water partition coefficient (Wildman–Crippen LogP) is 3.85. The Morgan fingerprint density at radius 1 is 1.00 bits per heavy atom. The third-order valence-electron chi connectivity index (χ3n) is 4.19. The van der Waals surface area contributed by atoms with Crippen LogP contribution in [0.3, 0.4) is 0 Å². The maximum Gasteiger partial charge on any atom is 0.311 e. The molecule has 0 amide bonds. The van der Waals surface area contributed by atoms with Crippen LogP contribution < -0.4 is 5.32 Å². The first-order valence-corrected chi connectivity index (χ1v) is 8.60. The largest absolute Gasteiger partial charge is 0.360 e. The summed E-state index contributed by atoms with van der Waals surface area (Å²) in [5.74, 6) is 0.223. The fourth-order valence-corrected chi connectivity index (χ4v) is 2.86. The van der Waals surface area contributed by atoms with Gasteiger partial charge in [0.05, 0.1) is 16.3 Å². The van der Waals surface area contributed by atoms with Crippen LogP contribution in [0.2, 0.25) is 0 Å². The number of nitrogens with one attached hydrogen (secondary N) is 1. The molecule has 4 aromatic rings. The van der Waals surface area contributed by atoms with Gasteiger partial charge in [-0.05, 0) is 30.3 Å². The maximum absolute atomic E-state index is 11.2. The van der Waals surface area contributed by atoms with Crippen LogP contribution >= 0.6 is 0 Å². The lowest BCUT2D eigenvalue weighted by atomic mass is 10.1. The molecule has 0 saturated carbocycles. The lowest BCUT2D eigenvalue weighted by molar-refractivity contribution is -0.384. The molecule has 3 heterocycles. The van der Waals surface area contributed by atoms with E-state index in [2.05, 4.69) is 15.3 Å². The number of aromatic nitrogens is 4. The molecule has 0 saturated heterocycles. The van der Waals surface area contributed by atoms with Crippen LogP contribution in [0.1, 0.15) is 5.56 Å². The molecule has 0 aliphatic carbocycles. The van der Waals surface area contributed by atoms with Crippen molar-refractivity contribution in [1.29, 1.82) is 0 Å². The van der Waals surface area contributed by atoms with E-state index in [9.17, 15) is 10.1 Å². The van der Waals surface area contributed by atoms with Crippen molar-refractivity contribution >= 4 is 11.5 Å². The highest BCUT2D eigenvalue weighted by Gasteiger charge is 2.16. The Morgan fingerprint density at radius 3 is 2.54 bits per heavy atom. The minimum absolute atomic E-state index is 0.0663. The topological polar surface area (TPSA) is 98.8 Å². The van der Waals surface area contributed by atoms with Gasteiger partial charge in [-0.25, -0.2) is 9.67 Å². The molecule has 0 bridgehead atoms. The molecule has 0 radical (unpaired) electrons. The van der Waals surface area contributed by atoms with Crippen molar-refractivity contribution in [2.45, 2.75) is 6.54 Å². The molecule has 0 fully saturated rings. The van der Waals surface area contributed by atoms with Crippen molar-refractivity contribution in [2.75, 3.05) is 5.32 Å². The summed E-state index contributed by atoms with van der Waals surface area (Å²) in [5, 5.41) is 19.0. The number of pyridine rings is 2. The minimum Gasteiger partial charge on any atom is -0.360 e. The van der Waals surface area contributed by atoms with E-state index in [-0.39, 0.29) is 11.5 Å². The van der Waals surface area contributed by atoms with E-state index in [4.69, 9.17) is 5.10 Å². The van der Waals surface area contributed by atoms with Gasteiger partial charge in [0.15, 0.2) is 0 Å². The second-order valence-corrected chi connectivity index (χ2v) is 6.00. The molecule has 28 heavy (non-hydrogen) atoms. The summed E-state index contributed by atoms with van der Waals surface area (Å²) in [5.41, 5.74) is 3.43. The summed E-state index contributed by atoms with van der Waals surface area (Å²) in [6, 6.07) is 16.5. The molecule has 1 N–H and O–H groups in total. The van der Waals surface area contributed by atoms with E-state index >= 15 is 0 Å². The van der Waals surface area contributed by atoms with Gasteiger partial charge in [0.25, 0.3) is 0 Å². The summed E-state index contributed by atoms with van der Waals surface area (Å²) in [6.07, 6.45) is 6.84. The molecule has 0 aliphatic rings. The van der Waals surface area contributed by atoms with Crippen LogP contribution in [0.15, 0.2) is 79.4 Å². The average molecular weight is 372 g/mol. The number of para-hydroxylation sites is 1. The van der Waals surface area contributed by atoms with Crippen LogP contribution in [0.4, 0.5) is 11.5 Å². The van der Waals surface area contributed by atoms with E-state index in [1.807, 2.05) is 48.7 Å². The van der Waals surface area contributed by atoms with Crippen molar-refractivity contribution in [1.82, 2.24) is 19.7 Å². The van der Waals surface area contributed by atoms with Crippen molar-refractivity contribution in [3.05, 3.63) is 95.1 Å². The number of nitrogens with zero attached hydrogens (tertiary/aromatic N) is 5. The lowest BCUT2D eigenvalue weighted by Crippen LogP contribution is -2.04. The van der Waals surface area contributed by atoms with E-state index < -0.39 is 4.92 Å². The fourth-order valence-electron chi connectivity index (χ4n) is 2.86. The molecule has 0 atom stereocenters. The van der Waals surface area contributed by atoms with Crippen molar-refractivity contribution in [2.24, 2.45) is 0 Å². The van der Waals surface area contributed by atoms with Gasteiger partial charge in [-0.15, -0.1) is 0 Å². The summed E-state index contributed by atoms with van der Waals surface area (Å²) >= 11 is 0. The Bertz CT molecular complexity index is 1100. The number of nitro groups is 1. The first-order valence-electron chi connectivity index (χ1n) is 8.60. The van der Waals surface area contributed by atoms with Gasteiger partial charge in [-0.2, -0.15) is 5.10 Å². The highest BCUT2D eigenvalue weighted by Crippen LogP contribution is 2.26. The molecule has 8 nitrogen and oxygen atoms in total. The average Bonchev–Trinajstić information content (AvgIpc) is 3.18. The molecule has 8 heteroatoms. The molecule has 4 rings (SSSR count). The first kappa shape index (κ1) is 17.3. The molecule has 0 spiro atoms. The highest BCUT2D eigenvalue weighted by atomic mass is 16.6. The number of rotatable bonds is 6.